The van der Waals surface area contributed by atoms with Crippen LogP contribution in [0.4, 0.5) is 0 Å². The normalized spacial score (nSPS) is 15.5. The van der Waals surface area contributed by atoms with Crippen LogP contribution in [0.2, 0.25) is 0 Å². The molecule has 0 bridgehead atoms. The van der Waals surface area contributed by atoms with Crippen LogP contribution in [-0.2, 0) is 15.3 Å². The molecule has 1 aliphatic carbocycles. The van der Waals surface area contributed by atoms with E-state index in [0.29, 0.717) is 45.6 Å². The first-order valence-electron chi connectivity index (χ1n) is 10.9. The molecule has 172 valence electrons. The molecule has 6 nitrogen and oxygen atoms in total. The van der Waals surface area contributed by atoms with Gasteiger partial charge in [-0.25, -0.2) is 0 Å². The lowest BCUT2D eigenvalue weighted by Crippen LogP contribution is -2.39. The average molecular weight is 449 g/mol. The minimum atomic E-state index is -1.36. The number of carbonyl (C=O) groups is 1. The largest absolute Gasteiger partial charge is 0.496 e. The molecule has 2 aromatic carbocycles. The molecular formula is C27H28O6. The molecule has 1 heterocycles. The Morgan fingerprint density at radius 3 is 2.42 bits per heavy atom. The van der Waals surface area contributed by atoms with E-state index in [2.05, 4.69) is 0 Å². The van der Waals surface area contributed by atoms with Crippen LogP contribution in [0, 0.1) is 6.92 Å². The molecule has 3 aromatic rings. The van der Waals surface area contributed by atoms with Crippen molar-refractivity contribution in [2.45, 2.75) is 38.9 Å². The predicted octanol–water partition coefficient (Wildman–Crippen LogP) is 5.22. The monoisotopic (exact) mass is 448 g/mol. The van der Waals surface area contributed by atoms with Gasteiger partial charge in [0.15, 0.2) is 5.43 Å². The van der Waals surface area contributed by atoms with Crippen LogP contribution >= 0.6 is 0 Å². The quantitative estimate of drug-likeness (QED) is 0.380. The summed E-state index contributed by atoms with van der Waals surface area (Å²) in [5.74, 6) is -0.775. The molecule has 1 atom stereocenters. The van der Waals surface area contributed by atoms with Gasteiger partial charge in [-0.05, 0) is 38.0 Å². The van der Waals surface area contributed by atoms with Gasteiger partial charge in [0.25, 0.3) is 0 Å². The third kappa shape index (κ3) is 3.33. The molecule has 0 amide bonds. The number of ether oxygens (including phenoxy) is 3. The van der Waals surface area contributed by atoms with Gasteiger partial charge in [-0.3, -0.25) is 9.59 Å². The first-order chi connectivity index (χ1) is 15.8. The molecule has 0 radical (unpaired) electrons. The SMILES string of the molecule is C/C=C\C[C@@H](C)c1cc(=O)c2c(C)cc3c(c2o1)C(=O)c1c(OC)cccc1C3(OC)OC. The highest BCUT2D eigenvalue weighted by molar-refractivity contribution is 6.20. The number of allylic oxidation sites excluding steroid dienone is 2. The summed E-state index contributed by atoms with van der Waals surface area (Å²) < 4.78 is 23.7. The number of benzene rings is 2. The van der Waals surface area contributed by atoms with E-state index < -0.39 is 5.79 Å². The second kappa shape index (κ2) is 8.61. The maximum Gasteiger partial charge on any atom is 0.223 e. The van der Waals surface area contributed by atoms with Crippen LogP contribution < -0.4 is 10.2 Å². The van der Waals surface area contributed by atoms with Gasteiger partial charge >= 0.3 is 0 Å². The summed E-state index contributed by atoms with van der Waals surface area (Å²) in [5.41, 5.74) is 2.39. The van der Waals surface area contributed by atoms with Gasteiger partial charge in [0.1, 0.15) is 17.1 Å². The smallest absolute Gasteiger partial charge is 0.223 e. The van der Waals surface area contributed by atoms with Crippen LogP contribution in [0.15, 0.2) is 51.7 Å². The Bertz CT molecular complexity index is 1330. The van der Waals surface area contributed by atoms with Crippen molar-refractivity contribution in [3.8, 4) is 5.75 Å². The lowest BCUT2D eigenvalue weighted by molar-refractivity contribution is -0.185. The second-order valence-electron chi connectivity index (χ2n) is 8.28. The van der Waals surface area contributed by atoms with E-state index in [1.54, 1.807) is 24.3 Å². The van der Waals surface area contributed by atoms with Crippen molar-refractivity contribution < 1.29 is 23.4 Å². The van der Waals surface area contributed by atoms with Crippen molar-refractivity contribution in [3.63, 3.8) is 0 Å². The zero-order valence-corrected chi connectivity index (χ0v) is 19.8. The summed E-state index contributed by atoms with van der Waals surface area (Å²) >= 11 is 0. The predicted molar refractivity (Wildman–Crippen MR) is 126 cm³/mol. The molecule has 6 heteroatoms. The van der Waals surface area contributed by atoms with E-state index in [9.17, 15) is 9.59 Å². The van der Waals surface area contributed by atoms with Crippen molar-refractivity contribution >= 4 is 16.8 Å². The fourth-order valence-corrected chi connectivity index (χ4v) is 4.73. The first-order valence-corrected chi connectivity index (χ1v) is 10.9. The van der Waals surface area contributed by atoms with Crippen LogP contribution in [0.25, 0.3) is 11.0 Å². The zero-order valence-electron chi connectivity index (χ0n) is 19.8. The maximum atomic E-state index is 13.9. The molecule has 33 heavy (non-hydrogen) atoms. The summed E-state index contributed by atoms with van der Waals surface area (Å²) in [5, 5.41) is 0.378. The molecule has 0 N–H and O–H groups in total. The van der Waals surface area contributed by atoms with Crippen LogP contribution in [-0.4, -0.2) is 27.1 Å². The van der Waals surface area contributed by atoms with Crippen molar-refractivity contribution in [1.29, 1.82) is 0 Å². The minimum absolute atomic E-state index is 0.0374. The van der Waals surface area contributed by atoms with E-state index in [1.807, 2.05) is 32.9 Å². The maximum absolute atomic E-state index is 13.9. The number of rotatable bonds is 6. The summed E-state index contributed by atoms with van der Waals surface area (Å²) in [6, 6.07) is 8.60. The number of hydrogen-bond acceptors (Lipinski definition) is 6. The van der Waals surface area contributed by atoms with Gasteiger partial charge < -0.3 is 18.6 Å². The lowest BCUT2D eigenvalue weighted by Gasteiger charge is -2.38. The van der Waals surface area contributed by atoms with E-state index in [4.69, 9.17) is 18.6 Å². The Labute approximate surface area is 192 Å². The van der Waals surface area contributed by atoms with Crippen molar-refractivity contribution in [2.24, 2.45) is 0 Å². The highest BCUT2D eigenvalue weighted by Gasteiger charge is 2.48. The molecule has 0 saturated carbocycles. The highest BCUT2D eigenvalue weighted by atomic mass is 16.7. The molecule has 1 aliphatic rings. The van der Waals surface area contributed by atoms with Gasteiger partial charge in [0.05, 0.1) is 23.6 Å². The number of aryl methyl sites for hydroxylation is 1. The third-order valence-corrected chi connectivity index (χ3v) is 6.41. The third-order valence-electron chi connectivity index (χ3n) is 6.41. The molecule has 0 unspecified atom stereocenters. The van der Waals surface area contributed by atoms with Crippen molar-refractivity contribution in [2.75, 3.05) is 21.3 Å². The summed E-state index contributed by atoms with van der Waals surface area (Å²) in [7, 11) is 4.56. The topological polar surface area (TPSA) is 75.0 Å². The number of ketones is 1. The van der Waals surface area contributed by atoms with Gasteiger partial charge in [0.2, 0.25) is 11.6 Å². The first kappa shape index (κ1) is 23.0. The Balaban J connectivity index is 2.14. The number of hydrogen-bond donors (Lipinski definition) is 0. The van der Waals surface area contributed by atoms with Crippen LogP contribution in [0.1, 0.15) is 64.6 Å². The zero-order chi connectivity index (χ0) is 23.9. The molecule has 1 aromatic heterocycles. The molecule has 0 aliphatic heterocycles. The fraction of sp³-hybridized carbons (Fsp3) is 0.333. The summed E-state index contributed by atoms with van der Waals surface area (Å²) in [4.78, 5) is 27.1. The van der Waals surface area contributed by atoms with Crippen LogP contribution in [0.5, 0.6) is 5.75 Å². The number of methoxy groups -OCH3 is 3. The van der Waals surface area contributed by atoms with Gasteiger partial charge in [-0.2, -0.15) is 0 Å². The molecule has 4 rings (SSSR count). The van der Waals surface area contributed by atoms with E-state index in [-0.39, 0.29) is 28.3 Å². The fourth-order valence-electron chi connectivity index (χ4n) is 4.73. The lowest BCUT2D eigenvalue weighted by atomic mass is 9.78. The summed E-state index contributed by atoms with van der Waals surface area (Å²) in [6.07, 6.45) is 4.69. The standard InChI is InChI=1S/C27H28O6/c1-7-8-10-15(2)21-14-19(28)22-16(3)13-18-24(26(22)33-21)25(29)23-17(27(18,31-5)32-6)11-9-12-20(23)30-4/h7-9,11-15H,10H2,1-6H3/b8-7-/t15-/m1/s1. The average Bonchev–Trinajstić information content (AvgIpc) is 2.82. The molecule has 0 spiro atoms. The molecule has 0 fully saturated rings. The number of fused-ring (bicyclic) bond motifs is 4. The molecule has 0 saturated heterocycles. The Morgan fingerprint density at radius 1 is 1.06 bits per heavy atom. The van der Waals surface area contributed by atoms with Crippen molar-refractivity contribution in [3.05, 3.63) is 86.3 Å². The molecular weight excluding hydrogens is 420 g/mol. The van der Waals surface area contributed by atoms with Crippen molar-refractivity contribution in [1.82, 2.24) is 0 Å². The summed E-state index contributed by atoms with van der Waals surface area (Å²) in [6.45, 7) is 5.76. The second-order valence-corrected chi connectivity index (χ2v) is 8.28. The van der Waals surface area contributed by atoms with Gasteiger partial charge in [-0.1, -0.05) is 31.2 Å². The Morgan fingerprint density at radius 2 is 1.79 bits per heavy atom. The van der Waals surface area contributed by atoms with E-state index >= 15 is 0 Å². The van der Waals surface area contributed by atoms with E-state index in [1.165, 1.54) is 27.4 Å². The highest BCUT2D eigenvalue weighted by Crippen LogP contribution is 2.48. The van der Waals surface area contributed by atoms with E-state index in [0.717, 1.165) is 0 Å². The minimum Gasteiger partial charge on any atom is -0.496 e. The Kier molecular flexibility index (Phi) is 5.99. The van der Waals surface area contributed by atoms with Crippen LogP contribution in [0.3, 0.4) is 0 Å². The van der Waals surface area contributed by atoms with Gasteiger partial charge in [-0.15, -0.1) is 0 Å². The van der Waals surface area contributed by atoms with Gasteiger partial charge in [0, 0.05) is 37.3 Å². The number of carbonyl (C=O) groups excluding carboxylic acids is 1. The Hall–Kier alpha value is -3.22.